The Bertz CT molecular complexity index is 434. The lowest BCUT2D eigenvalue weighted by atomic mass is 10.2. The van der Waals surface area contributed by atoms with E-state index in [-0.39, 0.29) is 11.9 Å². The first-order chi connectivity index (χ1) is 9.43. The van der Waals surface area contributed by atoms with Gasteiger partial charge in [-0.2, -0.15) is 11.8 Å². The minimum absolute atomic E-state index is 0.126. The first-order valence-corrected chi connectivity index (χ1v) is 8.79. The van der Waals surface area contributed by atoms with Crippen molar-refractivity contribution >= 4 is 40.0 Å². The number of nitrogen functional groups attached to an aromatic ring is 1. The molecule has 0 aromatic carbocycles. The molecule has 0 radical (unpaired) electrons. The molecule has 0 aliphatic carbocycles. The fourth-order valence-corrected chi connectivity index (χ4v) is 2.95. The molecule has 1 aromatic rings. The summed E-state index contributed by atoms with van der Waals surface area (Å²) < 4.78 is 0. The van der Waals surface area contributed by atoms with Crippen LogP contribution in [0, 0.1) is 5.92 Å². The summed E-state index contributed by atoms with van der Waals surface area (Å²) in [6, 6.07) is 0.126. The summed E-state index contributed by atoms with van der Waals surface area (Å²) in [5.41, 5.74) is 5.82. The van der Waals surface area contributed by atoms with Gasteiger partial charge in [0.25, 0.3) is 5.91 Å². The third kappa shape index (κ3) is 5.58. The van der Waals surface area contributed by atoms with E-state index in [1.54, 1.807) is 11.8 Å². The van der Waals surface area contributed by atoms with E-state index in [2.05, 4.69) is 36.4 Å². The molecule has 1 heterocycles. The standard InChI is InChI=1S/C13H24N4OS2/c1-5-19-7-9(4)16-12(18)10-11(14)17-13(20-10)15-6-8(2)3/h8-9H,5-7,14H2,1-4H3,(H,15,17)(H,16,18). The molecule has 0 aliphatic heterocycles. The van der Waals surface area contributed by atoms with E-state index in [9.17, 15) is 4.79 Å². The van der Waals surface area contributed by atoms with Gasteiger partial charge >= 0.3 is 0 Å². The van der Waals surface area contributed by atoms with Gasteiger partial charge in [-0.3, -0.25) is 4.79 Å². The number of hydrogen-bond acceptors (Lipinski definition) is 6. The Labute approximate surface area is 129 Å². The second-order valence-electron chi connectivity index (χ2n) is 5.04. The van der Waals surface area contributed by atoms with Gasteiger partial charge in [0, 0.05) is 18.3 Å². The normalized spacial score (nSPS) is 12.4. The molecule has 1 amide bonds. The third-order valence-electron chi connectivity index (χ3n) is 2.47. The van der Waals surface area contributed by atoms with Gasteiger partial charge in [-0.05, 0) is 18.6 Å². The molecular formula is C13H24N4OS2. The van der Waals surface area contributed by atoms with Crippen molar-refractivity contribution in [2.24, 2.45) is 5.92 Å². The average Bonchev–Trinajstić information content (AvgIpc) is 2.75. The van der Waals surface area contributed by atoms with Crippen LogP contribution >= 0.6 is 23.1 Å². The molecule has 5 nitrogen and oxygen atoms in total. The molecule has 1 rings (SSSR count). The number of thioether (sulfide) groups is 1. The van der Waals surface area contributed by atoms with Crippen LogP contribution in [0.15, 0.2) is 0 Å². The molecule has 1 unspecified atom stereocenters. The summed E-state index contributed by atoms with van der Waals surface area (Å²) in [5.74, 6) is 2.63. The predicted molar refractivity (Wildman–Crippen MR) is 89.8 cm³/mol. The highest BCUT2D eigenvalue weighted by Crippen LogP contribution is 2.25. The first kappa shape index (κ1) is 17.1. The quantitative estimate of drug-likeness (QED) is 0.687. The molecule has 0 saturated heterocycles. The van der Waals surface area contributed by atoms with Crippen molar-refractivity contribution in [1.82, 2.24) is 10.3 Å². The van der Waals surface area contributed by atoms with Crippen LogP contribution < -0.4 is 16.4 Å². The summed E-state index contributed by atoms with van der Waals surface area (Å²) in [4.78, 5) is 16.8. The highest BCUT2D eigenvalue weighted by molar-refractivity contribution is 7.99. The largest absolute Gasteiger partial charge is 0.382 e. The van der Waals surface area contributed by atoms with Crippen molar-refractivity contribution in [2.45, 2.75) is 33.7 Å². The Kier molecular flexibility index (Phi) is 7.15. The van der Waals surface area contributed by atoms with E-state index in [0.717, 1.165) is 18.1 Å². The fraction of sp³-hybridized carbons (Fsp3) is 0.692. The van der Waals surface area contributed by atoms with Gasteiger partial charge in [-0.15, -0.1) is 0 Å². The maximum Gasteiger partial charge on any atom is 0.265 e. The molecule has 114 valence electrons. The molecule has 0 fully saturated rings. The van der Waals surface area contributed by atoms with Gasteiger partial charge in [-0.25, -0.2) is 4.98 Å². The zero-order valence-corrected chi connectivity index (χ0v) is 14.2. The van der Waals surface area contributed by atoms with E-state index in [4.69, 9.17) is 5.73 Å². The molecule has 4 N–H and O–H groups in total. The van der Waals surface area contributed by atoms with Gasteiger partial charge < -0.3 is 16.4 Å². The number of aromatic nitrogens is 1. The van der Waals surface area contributed by atoms with E-state index in [1.807, 2.05) is 6.92 Å². The topological polar surface area (TPSA) is 80.0 Å². The zero-order valence-electron chi connectivity index (χ0n) is 12.5. The maximum absolute atomic E-state index is 12.1. The van der Waals surface area contributed by atoms with Crippen molar-refractivity contribution in [2.75, 3.05) is 29.1 Å². The number of carbonyl (C=O) groups excluding carboxylic acids is 1. The third-order valence-corrected chi connectivity index (χ3v) is 4.64. The van der Waals surface area contributed by atoms with Crippen LogP contribution in [0.1, 0.15) is 37.4 Å². The summed E-state index contributed by atoms with van der Waals surface area (Å²) in [6.45, 7) is 9.15. The van der Waals surface area contributed by atoms with Crippen molar-refractivity contribution < 1.29 is 4.79 Å². The number of thiazole rings is 1. The van der Waals surface area contributed by atoms with Crippen LogP contribution in [0.3, 0.4) is 0 Å². The number of carbonyl (C=O) groups is 1. The summed E-state index contributed by atoms with van der Waals surface area (Å²) >= 11 is 3.11. The smallest absolute Gasteiger partial charge is 0.265 e. The monoisotopic (exact) mass is 316 g/mol. The van der Waals surface area contributed by atoms with Crippen LogP contribution in [0.5, 0.6) is 0 Å². The van der Waals surface area contributed by atoms with Crippen LogP contribution in [-0.2, 0) is 0 Å². The summed E-state index contributed by atoms with van der Waals surface area (Å²) in [5, 5.41) is 6.85. The Morgan fingerprint density at radius 2 is 2.15 bits per heavy atom. The Hall–Kier alpha value is -0.950. The van der Waals surface area contributed by atoms with Crippen molar-refractivity contribution in [3.8, 4) is 0 Å². The van der Waals surface area contributed by atoms with Gasteiger partial charge in [0.2, 0.25) is 0 Å². The lowest BCUT2D eigenvalue weighted by Crippen LogP contribution is -2.34. The van der Waals surface area contributed by atoms with E-state index >= 15 is 0 Å². The number of anilines is 2. The van der Waals surface area contributed by atoms with Crippen molar-refractivity contribution in [3.63, 3.8) is 0 Å². The second-order valence-corrected chi connectivity index (χ2v) is 7.36. The molecule has 0 aliphatic rings. The van der Waals surface area contributed by atoms with Crippen LogP contribution in [0.2, 0.25) is 0 Å². The Morgan fingerprint density at radius 1 is 1.45 bits per heavy atom. The highest BCUT2D eigenvalue weighted by atomic mass is 32.2. The number of nitrogens with one attached hydrogen (secondary N) is 2. The molecule has 0 bridgehead atoms. The maximum atomic E-state index is 12.1. The minimum Gasteiger partial charge on any atom is -0.382 e. The van der Waals surface area contributed by atoms with Gasteiger partial charge in [0.1, 0.15) is 10.7 Å². The van der Waals surface area contributed by atoms with Crippen LogP contribution in [-0.4, -0.2) is 35.0 Å². The molecule has 1 aromatic heterocycles. The van der Waals surface area contributed by atoms with Crippen molar-refractivity contribution in [1.29, 1.82) is 0 Å². The first-order valence-electron chi connectivity index (χ1n) is 6.82. The number of rotatable bonds is 8. The molecule has 0 saturated carbocycles. The fourth-order valence-electron chi connectivity index (χ4n) is 1.49. The number of hydrogen-bond donors (Lipinski definition) is 3. The van der Waals surface area contributed by atoms with Gasteiger partial charge in [0.05, 0.1) is 0 Å². The summed E-state index contributed by atoms with van der Waals surface area (Å²) in [6.07, 6.45) is 0. The van der Waals surface area contributed by atoms with E-state index in [0.29, 0.717) is 21.7 Å². The van der Waals surface area contributed by atoms with E-state index in [1.165, 1.54) is 11.3 Å². The Morgan fingerprint density at radius 3 is 2.75 bits per heavy atom. The molecular weight excluding hydrogens is 292 g/mol. The molecule has 1 atom stereocenters. The van der Waals surface area contributed by atoms with Crippen molar-refractivity contribution in [3.05, 3.63) is 4.88 Å². The molecule has 7 heteroatoms. The molecule has 0 spiro atoms. The average molecular weight is 316 g/mol. The number of amides is 1. The highest BCUT2D eigenvalue weighted by Gasteiger charge is 2.17. The lowest BCUT2D eigenvalue weighted by molar-refractivity contribution is 0.0948. The second kappa shape index (κ2) is 8.36. The minimum atomic E-state index is -0.137. The van der Waals surface area contributed by atoms with Gasteiger partial charge in [-0.1, -0.05) is 32.1 Å². The number of nitrogens with zero attached hydrogens (tertiary/aromatic N) is 1. The predicted octanol–water partition coefficient (Wildman–Crippen LogP) is 2.66. The molecule has 20 heavy (non-hydrogen) atoms. The van der Waals surface area contributed by atoms with Crippen LogP contribution in [0.4, 0.5) is 10.9 Å². The SMILES string of the molecule is CCSCC(C)NC(=O)c1sc(NCC(C)C)nc1N. The Balaban J connectivity index is 2.59. The van der Waals surface area contributed by atoms with Crippen LogP contribution in [0.25, 0.3) is 0 Å². The summed E-state index contributed by atoms with van der Waals surface area (Å²) in [7, 11) is 0. The zero-order chi connectivity index (χ0) is 15.1. The number of nitrogens with two attached hydrogens (primary N) is 1. The van der Waals surface area contributed by atoms with Gasteiger partial charge in [0.15, 0.2) is 5.13 Å². The van der Waals surface area contributed by atoms with E-state index < -0.39 is 0 Å². The lowest BCUT2D eigenvalue weighted by Gasteiger charge is -2.12.